The lowest BCUT2D eigenvalue weighted by Crippen LogP contribution is -2.25. The lowest BCUT2D eigenvalue weighted by molar-refractivity contribution is -0.122. The van der Waals surface area contributed by atoms with Crippen LogP contribution in [0.5, 0.6) is 0 Å². The van der Waals surface area contributed by atoms with E-state index in [-0.39, 0.29) is 13.9 Å². The molecule has 24 heavy (non-hydrogen) atoms. The Kier molecular flexibility index (Phi) is 53.5. The molecular formula is C19H45N3O2. The number of carbonyl (C=O) groups is 1. The fourth-order valence-electron chi connectivity index (χ4n) is 1.53. The van der Waals surface area contributed by atoms with Crippen LogP contribution in [0.4, 0.5) is 0 Å². The van der Waals surface area contributed by atoms with E-state index in [1.165, 1.54) is 25.7 Å². The molecule has 0 saturated carbocycles. The van der Waals surface area contributed by atoms with Crippen LogP contribution in [-0.2, 0) is 4.79 Å². The van der Waals surface area contributed by atoms with Gasteiger partial charge in [0.05, 0.1) is 0 Å². The van der Waals surface area contributed by atoms with Crippen molar-refractivity contribution >= 4 is 6.47 Å². The summed E-state index contributed by atoms with van der Waals surface area (Å²) in [6, 6.07) is 2.59. The van der Waals surface area contributed by atoms with Gasteiger partial charge in [-0.2, -0.15) is 5.10 Å². The Labute approximate surface area is 151 Å². The maximum Gasteiger partial charge on any atom is 0.290 e. The molecule has 0 aromatic carbocycles. The van der Waals surface area contributed by atoms with Crippen molar-refractivity contribution in [1.82, 2.24) is 15.5 Å². The first-order chi connectivity index (χ1) is 11.1. The second-order valence-corrected chi connectivity index (χ2v) is 4.62. The van der Waals surface area contributed by atoms with Gasteiger partial charge in [0.15, 0.2) is 0 Å². The zero-order valence-electron chi connectivity index (χ0n) is 16.6. The number of hydrogen-bond acceptors (Lipinski definition) is 3. The number of aromatic nitrogens is 2. The summed E-state index contributed by atoms with van der Waals surface area (Å²) in [7, 11) is 2.07. The zero-order valence-corrected chi connectivity index (χ0v) is 16.6. The van der Waals surface area contributed by atoms with Crippen molar-refractivity contribution in [3.63, 3.8) is 0 Å². The Morgan fingerprint density at radius 3 is 1.88 bits per heavy atom. The van der Waals surface area contributed by atoms with Crippen molar-refractivity contribution < 1.29 is 9.90 Å². The minimum atomic E-state index is -0.250. The van der Waals surface area contributed by atoms with Crippen LogP contribution in [0.2, 0.25) is 0 Å². The third kappa shape index (κ3) is 42.8. The predicted molar refractivity (Wildman–Crippen MR) is 109 cm³/mol. The highest BCUT2D eigenvalue weighted by atomic mass is 16.3. The van der Waals surface area contributed by atoms with E-state index in [1.807, 2.05) is 33.8 Å². The maximum absolute atomic E-state index is 8.36. The largest absolute Gasteiger partial charge is 0.483 e. The second kappa shape index (κ2) is 37.7. The molecular weight excluding hydrogens is 302 g/mol. The van der Waals surface area contributed by atoms with E-state index >= 15 is 0 Å². The van der Waals surface area contributed by atoms with Crippen molar-refractivity contribution in [2.75, 3.05) is 7.05 Å². The number of rotatable bonds is 6. The Hall–Kier alpha value is -1.36. The average molecular weight is 348 g/mol. The van der Waals surface area contributed by atoms with E-state index in [9.17, 15) is 0 Å². The third-order valence-electron chi connectivity index (χ3n) is 2.54. The standard InChI is InChI=1S/C10H23N.C3H4N2.2C2H6.CH2O2.CH4/c1-5-6-10(11-4)8-7-9(2)3;1-2-4-5-3-1;2*1-2;2-1-3;/h9-11H,5-8H2,1-4H3;1-3H,(H,4,5);2*1-2H3;1H,(H,2,3);1H4. The van der Waals surface area contributed by atoms with Crippen LogP contribution in [0.3, 0.4) is 0 Å². The SMILES string of the molecule is C.CC.CC.CCCC(CCC(C)C)NC.O=CO.c1cn[nH]c1. The molecule has 3 N–H and O–H groups in total. The summed E-state index contributed by atoms with van der Waals surface area (Å²) >= 11 is 0. The van der Waals surface area contributed by atoms with Crippen molar-refractivity contribution in [2.24, 2.45) is 5.92 Å². The van der Waals surface area contributed by atoms with Gasteiger partial charge in [-0.3, -0.25) is 9.89 Å². The minimum absolute atomic E-state index is 0. The zero-order chi connectivity index (χ0) is 18.9. The molecule has 0 aliphatic carbocycles. The molecule has 0 bridgehead atoms. The van der Waals surface area contributed by atoms with Crippen LogP contribution in [0, 0.1) is 5.92 Å². The van der Waals surface area contributed by atoms with Gasteiger partial charge < -0.3 is 10.4 Å². The van der Waals surface area contributed by atoms with Crippen LogP contribution >= 0.6 is 0 Å². The van der Waals surface area contributed by atoms with Crippen molar-refractivity contribution in [2.45, 2.75) is 87.6 Å². The highest BCUT2D eigenvalue weighted by Gasteiger charge is 2.04. The number of H-pyrrole nitrogens is 1. The van der Waals surface area contributed by atoms with Crippen LogP contribution in [0.15, 0.2) is 18.5 Å². The van der Waals surface area contributed by atoms with Crippen molar-refractivity contribution in [1.29, 1.82) is 0 Å². The number of carboxylic acid groups (broad SMARTS) is 1. The number of nitrogens with zero attached hydrogens (tertiary/aromatic N) is 1. The summed E-state index contributed by atoms with van der Waals surface area (Å²) in [5, 5.41) is 16.5. The minimum Gasteiger partial charge on any atom is -0.483 e. The highest BCUT2D eigenvalue weighted by molar-refractivity contribution is 5.32. The normalized spacial score (nSPS) is 9.04. The maximum atomic E-state index is 8.36. The van der Waals surface area contributed by atoms with Gasteiger partial charge in [0.1, 0.15) is 0 Å². The molecule has 0 saturated heterocycles. The molecule has 5 nitrogen and oxygen atoms in total. The number of nitrogens with one attached hydrogen (secondary N) is 2. The molecule has 1 unspecified atom stereocenters. The molecule has 0 amide bonds. The van der Waals surface area contributed by atoms with Crippen LogP contribution in [-0.4, -0.2) is 34.9 Å². The van der Waals surface area contributed by atoms with E-state index in [0.717, 1.165) is 12.0 Å². The fourth-order valence-corrected chi connectivity index (χ4v) is 1.53. The first-order valence-electron chi connectivity index (χ1n) is 8.81. The Balaban J connectivity index is -0.0000000772. The lowest BCUT2D eigenvalue weighted by Gasteiger charge is -2.15. The summed E-state index contributed by atoms with van der Waals surface area (Å²) < 4.78 is 0. The first-order valence-corrected chi connectivity index (χ1v) is 8.81. The van der Waals surface area contributed by atoms with Gasteiger partial charge in [0, 0.05) is 18.4 Å². The molecule has 5 heteroatoms. The molecule has 1 aromatic rings. The molecule has 1 rings (SSSR count). The van der Waals surface area contributed by atoms with Crippen molar-refractivity contribution in [3.05, 3.63) is 18.5 Å². The van der Waals surface area contributed by atoms with Crippen molar-refractivity contribution in [3.8, 4) is 0 Å². The summed E-state index contributed by atoms with van der Waals surface area (Å²) in [5.41, 5.74) is 0. The first kappa shape index (κ1) is 34.1. The van der Waals surface area contributed by atoms with Crippen LogP contribution < -0.4 is 5.32 Å². The quantitative estimate of drug-likeness (QED) is 0.584. The predicted octanol–water partition coefficient (Wildman–Crippen LogP) is 5.61. The summed E-state index contributed by atoms with van der Waals surface area (Å²) in [6.07, 6.45) is 8.76. The van der Waals surface area contributed by atoms with Crippen LogP contribution in [0.1, 0.15) is 81.6 Å². The Morgan fingerprint density at radius 1 is 1.17 bits per heavy atom. The highest BCUT2D eigenvalue weighted by Crippen LogP contribution is 2.09. The molecule has 0 aliphatic rings. The second-order valence-electron chi connectivity index (χ2n) is 4.62. The topological polar surface area (TPSA) is 78.0 Å². The molecule has 0 aliphatic heterocycles. The van der Waals surface area contributed by atoms with Gasteiger partial charge >= 0.3 is 0 Å². The molecule has 0 fully saturated rings. The third-order valence-corrected chi connectivity index (χ3v) is 2.54. The summed E-state index contributed by atoms with van der Waals surface area (Å²) in [4.78, 5) is 8.36. The number of aromatic amines is 1. The van der Waals surface area contributed by atoms with Gasteiger partial charge in [-0.1, -0.05) is 62.3 Å². The Morgan fingerprint density at radius 2 is 1.67 bits per heavy atom. The molecule has 148 valence electrons. The van der Waals surface area contributed by atoms with E-state index < -0.39 is 0 Å². The van der Waals surface area contributed by atoms with E-state index in [1.54, 1.807) is 12.4 Å². The monoisotopic (exact) mass is 347 g/mol. The van der Waals surface area contributed by atoms with Crippen LogP contribution in [0.25, 0.3) is 0 Å². The van der Waals surface area contributed by atoms with E-state index in [4.69, 9.17) is 9.90 Å². The molecule has 1 aromatic heterocycles. The lowest BCUT2D eigenvalue weighted by atomic mass is 10.0. The molecule has 0 spiro atoms. The summed E-state index contributed by atoms with van der Waals surface area (Å²) in [6.45, 7) is 14.6. The molecule has 1 atom stereocenters. The smallest absolute Gasteiger partial charge is 0.290 e. The molecule has 1 heterocycles. The van der Waals surface area contributed by atoms with Gasteiger partial charge in [-0.25, -0.2) is 0 Å². The van der Waals surface area contributed by atoms with Gasteiger partial charge in [0.2, 0.25) is 0 Å². The van der Waals surface area contributed by atoms with Gasteiger partial charge in [0.25, 0.3) is 6.47 Å². The fraction of sp³-hybridized carbons (Fsp3) is 0.789. The van der Waals surface area contributed by atoms with Gasteiger partial charge in [-0.05, 0) is 38.3 Å². The van der Waals surface area contributed by atoms with Gasteiger partial charge in [-0.15, -0.1) is 0 Å². The average Bonchev–Trinajstić information content (AvgIpc) is 3.15. The Bertz CT molecular complexity index is 236. The van der Waals surface area contributed by atoms with E-state index in [2.05, 4.69) is 43.3 Å². The summed E-state index contributed by atoms with van der Waals surface area (Å²) in [5.74, 6) is 0.850. The van der Waals surface area contributed by atoms with E-state index in [0.29, 0.717) is 0 Å². The number of hydrogen-bond donors (Lipinski definition) is 3. The molecule has 0 radical (unpaired) electrons.